The van der Waals surface area contributed by atoms with Crippen molar-refractivity contribution in [3.63, 3.8) is 0 Å². The summed E-state index contributed by atoms with van der Waals surface area (Å²) in [7, 11) is 0. The van der Waals surface area contributed by atoms with Gasteiger partial charge in [-0.1, -0.05) is 15.9 Å². The lowest BCUT2D eigenvalue weighted by Gasteiger charge is -2.02. The van der Waals surface area contributed by atoms with E-state index in [-0.39, 0.29) is 5.43 Å². The lowest BCUT2D eigenvalue weighted by molar-refractivity contribution is 0.0695. The highest BCUT2D eigenvalue weighted by Gasteiger charge is 2.08. The van der Waals surface area contributed by atoms with Gasteiger partial charge in [0, 0.05) is 15.2 Å². The lowest BCUT2D eigenvalue weighted by Crippen LogP contribution is -2.02. The van der Waals surface area contributed by atoms with Crippen LogP contribution in [0, 0.1) is 10.7 Å². The first-order valence-electron chi connectivity index (χ1n) is 7.76. The molecule has 4 rings (SSSR count). The molecule has 0 unspecified atom stereocenters. The maximum absolute atomic E-state index is 12.3. The van der Waals surface area contributed by atoms with Gasteiger partial charge in [-0.25, -0.2) is 4.79 Å². The maximum Gasteiger partial charge on any atom is 0.336 e. The molecule has 8 heteroatoms. The number of carboxylic acid groups (broad SMARTS) is 1. The molecule has 0 saturated carbocycles. The summed E-state index contributed by atoms with van der Waals surface area (Å²) in [5.74, 6) is -0.868. The van der Waals surface area contributed by atoms with Gasteiger partial charge in [0.15, 0.2) is 0 Å². The van der Waals surface area contributed by atoms with Gasteiger partial charge < -0.3 is 9.52 Å². The van der Waals surface area contributed by atoms with Crippen LogP contribution in [0.2, 0.25) is 0 Å². The normalized spacial score (nSPS) is 10.6. The average molecular weight is 775 g/mol. The molecule has 0 saturated heterocycles. The molecular formula is C20H10BrI3O4. The van der Waals surface area contributed by atoms with E-state index in [4.69, 9.17) is 9.52 Å². The Morgan fingerprint density at radius 1 is 0.857 bits per heavy atom. The van der Waals surface area contributed by atoms with Crippen molar-refractivity contribution in [2.45, 2.75) is 0 Å². The second-order valence-electron chi connectivity index (χ2n) is 5.64. The molecule has 1 N–H and O–H groups in total. The highest BCUT2D eigenvalue weighted by atomic mass is 127. The van der Waals surface area contributed by atoms with Crippen molar-refractivity contribution < 1.29 is 14.3 Å². The number of benzene rings is 3. The Labute approximate surface area is 209 Å². The van der Waals surface area contributed by atoms with Crippen molar-refractivity contribution >= 4 is 112 Å². The average Bonchev–Trinajstić information content (AvgIpc) is 2.65. The van der Waals surface area contributed by atoms with Gasteiger partial charge in [0.05, 0.1) is 16.3 Å². The monoisotopic (exact) mass is 774 g/mol. The fraction of sp³-hybridized carbons (Fsp3) is 0. The zero-order chi connectivity index (χ0) is 20.4. The number of fused-ring (bicyclic) bond motifs is 2. The van der Waals surface area contributed by atoms with Crippen molar-refractivity contribution in [2.75, 3.05) is 0 Å². The molecule has 0 bridgehead atoms. The molecule has 0 aliphatic carbocycles. The summed E-state index contributed by atoms with van der Waals surface area (Å²) in [6.45, 7) is 0. The molecule has 0 atom stereocenters. The molecule has 4 nitrogen and oxygen atoms in total. The molecular weight excluding hydrogens is 765 g/mol. The minimum Gasteiger partial charge on any atom is -0.478 e. The SMILES string of the molecule is O=C(O)c1cc(I)ccc1I.O=c1c2cc(Br)ccc2oc2ccc(I)cc12. The largest absolute Gasteiger partial charge is 0.478 e. The van der Waals surface area contributed by atoms with E-state index >= 15 is 0 Å². The zero-order valence-electron chi connectivity index (χ0n) is 13.9. The van der Waals surface area contributed by atoms with Gasteiger partial charge in [-0.15, -0.1) is 0 Å². The third-order valence-corrected chi connectivity index (χ3v) is 6.53. The van der Waals surface area contributed by atoms with Gasteiger partial charge in [0.25, 0.3) is 0 Å². The predicted molar refractivity (Wildman–Crippen MR) is 139 cm³/mol. The number of hydrogen-bond acceptors (Lipinski definition) is 3. The first kappa shape index (κ1) is 22.0. The Hall–Kier alpha value is -0.730. The number of aromatic carboxylic acids is 1. The maximum atomic E-state index is 12.3. The van der Waals surface area contributed by atoms with Crippen molar-refractivity contribution in [2.24, 2.45) is 0 Å². The minimum atomic E-state index is -0.868. The molecule has 0 amide bonds. The predicted octanol–water partition coefficient (Wildman–Crippen LogP) is 6.91. The van der Waals surface area contributed by atoms with Crippen molar-refractivity contribution in [3.8, 4) is 0 Å². The molecule has 0 aliphatic heterocycles. The summed E-state index contributed by atoms with van der Waals surface area (Å²) in [5, 5.41) is 9.91. The van der Waals surface area contributed by atoms with E-state index in [2.05, 4.69) is 61.1 Å². The van der Waals surface area contributed by atoms with E-state index in [1.165, 1.54) is 0 Å². The Kier molecular flexibility index (Phi) is 7.37. The minimum absolute atomic E-state index is 0.0149. The number of carbonyl (C=O) groups is 1. The van der Waals surface area contributed by atoms with Crippen LogP contribution in [0.5, 0.6) is 0 Å². The Bertz CT molecular complexity index is 1200. The van der Waals surface area contributed by atoms with Gasteiger partial charge in [-0.3, -0.25) is 4.79 Å². The van der Waals surface area contributed by atoms with Crippen LogP contribution >= 0.6 is 83.7 Å². The molecule has 0 aliphatic rings. The Balaban J connectivity index is 0.000000178. The van der Waals surface area contributed by atoms with Crippen molar-refractivity contribution in [1.29, 1.82) is 0 Å². The van der Waals surface area contributed by atoms with Gasteiger partial charge >= 0.3 is 5.97 Å². The standard InChI is InChI=1S/C13H6BrIO2.C7H4I2O2/c14-7-1-3-11-9(5-7)13(16)10-6-8(15)2-4-12(10)17-11;8-4-1-2-6(9)5(3-4)7(10)11/h1-6H;1-3H,(H,10,11). The van der Waals surface area contributed by atoms with E-state index in [0.717, 1.165) is 15.2 Å². The van der Waals surface area contributed by atoms with Crippen LogP contribution in [-0.2, 0) is 0 Å². The fourth-order valence-electron chi connectivity index (χ4n) is 2.46. The molecule has 28 heavy (non-hydrogen) atoms. The Morgan fingerprint density at radius 3 is 2.07 bits per heavy atom. The van der Waals surface area contributed by atoms with E-state index in [9.17, 15) is 9.59 Å². The van der Waals surface area contributed by atoms with E-state index in [1.54, 1.807) is 24.3 Å². The summed E-state index contributed by atoms with van der Waals surface area (Å²) in [6.07, 6.45) is 0. The van der Waals surface area contributed by atoms with Crippen molar-refractivity contribution in [1.82, 2.24) is 0 Å². The van der Waals surface area contributed by atoms with Crippen molar-refractivity contribution in [3.05, 3.63) is 85.6 Å². The molecule has 0 radical (unpaired) electrons. The van der Waals surface area contributed by atoms with E-state index < -0.39 is 5.97 Å². The summed E-state index contributed by atoms with van der Waals surface area (Å²) >= 11 is 9.65. The van der Waals surface area contributed by atoms with Crippen LogP contribution < -0.4 is 5.43 Å². The van der Waals surface area contributed by atoms with Crippen LogP contribution in [0.1, 0.15) is 10.4 Å². The second kappa shape index (κ2) is 9.39. The van der Waals surface area contributed by atoms with Gasteiger partial charge in [-0.2, -0.15) is 0 Å². The van der Waals surface area contributed by atoms with Crippen LogP contribution in [0.3, 0.4) is 0 Å². The topological polar surface area (TPSA) is 67.5 Å². The highest BCUT2D eigenvalue weighted by molar-refractivity contribution is 14.1. The summed E-state index contributed by atoms with van der Waals surface area (Å²) in [4.78, 5) is 22.9. The summed E-state index contributed by atoms with van der Waals surface area (Å²) < 4.78 is 9.33. The van der Waals surface area contributed by atoms with E-state index in [1.807, 2.05) is 52.9 Å². The molecule has 0 fully saturated rings. The third kappa shape index (κ3) is 5.05. The van der Waals surface area contributed by atoms with Crippen LogP contribution in [0.4, 0.5) is 0 Å². The molecule has 0 spiro atoms. The zero-order valence-corrected chi connectivity index (χ0v) is 21.9. The van der Waals surface area contributed by atoms with Gasteiger partial charge in [0.1, 0.15) is 11.2 Å². The number of hydrogen-bond donors (Lipinski definition) is 1. The first-order valence-corrected chi connectivity index (χ1v) is 11.8. The molecule has 142 valence electrons. The van der Waals surface area contributed by atoms with Gasteiger partial charge in [0.2, 0.25) is 5.43 Å². The van der Waals surface area contributed by atoms with Crippen LogP contribution in [-0.4, -0.2) is 11.1 Å². The van der Waals surface area contributed by atoms with Crippen LogP contribution in [0.15, 0.2) is 68.3 Å². The smallest absolute Gasteiger partial charge is 0.336 e. The number of carboxylic acids is 1. The quantitative estimate of drug-likeness (QED) is 0.169. The first-order chi connectivity index (χ1) is 13.3. The third-order valence-electron chi connectivity index (χ3n) is 3.75. The van der Waals surface area contributed by atoms with Gasteiger partial charge in [-0.05, 0) is 122 Å². The molecule has 1 heterocycles. The lowest BCUT2D eigenvalue weighted by atomic mass is 10.1. The second-order valence-corrected chi connectivity index (χ2v) is 10.2. The molecule has 4 aromatic rings. The number of rotatable bonds is 1. The molecule has 3 aromatic carbocycles. The summed E-state index contributed by atoms with van der Waals surface area (Å²) in [5.41, 5.74) is 1.63. The fourth-order valence-corrected chi connectivity index (χ4v) is 4.37. The number of halogens is 4. The molecule has 1 aromatic heterocycles. The Morgan fingerprint density at radius 2 is 1.43 bits per heavy atom. The highest BCUT2D eigenvalue weighted by Crippen LogP contribution is 2.22. The van der Waals surface area contributed by atoms with E-state index in [0.29, 0.717) is 27.5 Å². The van der Waals surface area contributed by atoms with Crippen LogP contribution in [0.25, 0.3) is 21.9 Å². The summed E-state index contributed by atoms with van der Waals surface area (Å²) in [6, 6.07) is 16.4.